The molecule has 3 saturated heterocycles. The zero-order valence-electron chi connectivity index (χ0n) is 17.0. The number of rotatable bonds is 7. The summed E-state index contributed by atoms with van der Waals surface area (Å²) in [7, 11) is 0. The Morgan fingerprint density at radius 2 is 1.76 bits per heavy atom. The standard InChI is InChI=1S/C21H33N3O3.2ClH/c25-20(13-23-8-1-6-22-7-9-23)16-27-21-4-2-17(3-5-21)10-24-11-18-14-26-15-19(18)12-24;;/h2-5,18-20,22,25H,1,6-16H2;2*1H/t18-,19+,20?;;. The normalized spacial score (nSPS) is 26.1. The summed E-state index contributed by atoms with van der Waals surface area (Å²) >= 11 is 0. The van der Waals surface area contributed by atoms with Gasteiger partial charge >= 0.3 is 0 Å². The van der Waals surface area contributed by atoms with Crippen molar-refractivity contribution in [3.8, 4) is 5.75 Å². The molecule has 8 heteroatoms. The summed E-state index contributed by atoms with van der Waals surface area (Å²) < 4.78 is 11.4. The minimum Gasteiger partial charge on any atom is -0.491 e. The summed E-state index contributed by atoms with van der Waals surface area (Å²) in [4.78, 5) is 4.85. The molecule has 0 spiro atoms. The second kappa shape index (κ2) is 12.3. The van der Waals surface area contributed by atoms with Gasteiger partial charge in [-0.3, -0.25) is 9.80 Å². The summed E-state index contributed by atoms with van der Waals surface area (Å²) in [6, 6.07) is 8.34. The summed E-state index contributed by atoms with van der Waals surface area (Å²) in [5, 5.41) is 13.7. The van der Waals surface area contributed by atoms with Crippen LogP contribution in [0.25, 0.3) is 0 Å². The van der Waals surface area contributed by atoms with E-state index in [1.807, 2.05) is 12.1 Å². The Bertz CT molecular complexity index is 573. The molecule has 3 aliphatic rings. The van der Waals surface area contributed by atoms with E-state index in [-0.39, 0.29) is 24.8 Å². The highest BCUT2D eigenvalue weighted by Gasteiger charge is 2.36. The molecule has 3 fully saturated rings. The van der Waals surface area contributed by atoms with Crippen molar-refractivity contribution in [2.75, 3.05) is 65.6 Å². The monoisotopic (exact) mass is 447 g/mol. The first-order valence-corrected chi connectivity index (χ1v) is 10.4. The molecule has 0 aromatic heterocycles. The maximum Gasteiger partial charge on any atom is 0.119 e. The Morgan fingerprint density at radius 1 is 1.03 bits per heavy atom. The molecule has 1 unspecified atom stereocenters. The van der Waals surface area contributed by atoms with Crippen LogP contribution >= 0.6 is 24.8 Å². The van der Waals surface area contributed by atoms with E-state index in [4.69, 9.17) is 9.47 Å². The molecule has 0 bridgehead atoms. The van der Waals surface area contributed by atoms with Gasteiger partial charge in [0.25, 0.3) is 0 Å². The van der Waals surface area contributed by atoms with Crippen LogP contribution in [0.5, 0.6) is 5.75 Å². The Kier molecular flexibility index (Phi) is 10.5. The van der Waals surface area contributed by atoms with E-state index < -0.39 is 6.10 Å². The molecule has 4 rings (SSSR count). The second-order valence-electron chi connectivity index (χ2n) is 8.26. The number of β-amino-alcohol motifs (C(OH)–C–C–N with tert-alkyl or cyclic N) is 1. The van der Waals surface area contributed by atoms with E-state index in [1.54, 1.807) is 0 Å². The van der Waals surface area contributed by atoms with E-state index in [2.05, 4.69) is 27.2 Å². The Morgan fingerprint density at radius 3 is 2.48 bits per heavy atom. The predicted octanol–water partition coefficient (Wildman–Crippen LogP) is 1.64. The highest BCUT2D eigenvalue weighted by molar-refractivity contribution is 5.85. The van der Waals surface area contributed by atoms with Gasteiger partial charge in [-0.25, -0.2) is 0 Å². The molecule has 1 aromatic carbocycles. The Hall–Kier alpha value is -0.600. The SMILES string of the molecule is Cl.Cl.OC(COc1ccc(CN2C[C@H]3COC[C@H]3C2)cc1)CN1CCCNCC1. The number of hydrogen-bond donors (Lipinski definition) is 2. The van der Waals surface area contributed by atoms with Gasteiger partial charge in [0, 0.05) is 51.1 Å². The van der Waals surface area contributed by atoms with Gasteiger partial charge in [0.1, 0.15) is 18.5 Å². The molecule has 0 aliphatic carbocycles. The highest BCUT2D eigenvalue weighted by Crippen LogP contribution is 2.30. The van der Waals surface area contributed by atoms with E-state index in [9.17, 15) is 5.11 Å². The van der Waals surface area contributed by atoms with Gasteiger partial charge in [0.05, 0.1) is 13.2 Å². The van der Waals surface area contributed by atoms with Crippen LogP contribution in [0.15, 0.2) is 24.3 Å². The summed E-state index contributed by atoms with van der Waals surface area (Å²) in [6.45, 7) is 10.3. The van der Waals surface area contributed by atoms with Gasteiger partial charge < -0.3 is 19.9 Å². The Labute approximate surface area is 186 Å². The number of ether oxygens (including phenoxy) is 2. The van der Waals surface area contributed by atoms with Crippen LogP contribution in [0.1, 0.15) is 12.0 Å². The lowest BCUT2D eigenvalue weighted by atomic mass is 10.0. The van der Waals surface area contributed by atoms with Crippen molar-refractivity contribution in [2.24, 2.45) is 11.8 Å². The van der Waals surface area contributed by atoms with Crippen LogP contribution in [0, 0.1) is 11.8 Å². The van der Waals surface area contributed by atoms with Gasteiger partial charge in [-0.2, -0.15) is 0 Å². The molecular weight excluding hydrogens is 413 g/mol. The maximum absolute atomic E-state index is 10.3. The van der Waals surface area contributed by atoms with Crippen LogP contribution in [-0.4, -0.2) is 86.6 Å². The molecule has 0 saturated carbocycles. The molecular formula is C21H35Cl2N3O3. The van der Waals surface area contributed by atoms with Crippen molar-refractivity contribution in [3.63, 3.8) is 0 Å². The number of aliphatic hydroxyl groups is 1. The molecule has 3 aliphatic heterocycles. The molecule has 6 nitrogen and oxygen atoms in total. The van der Waals surface area contributed by atoms with Crippen LogP contribution in [0.2, 0.25) is 0 Å². The number of aliphatic hydroxyl groups excluding tert-OH is 1. The first-order valence-electron chi connectivity index (χ1n) is 10.4. The van der Waals surface area contributed by atoms with E-state index in [0.717, 1.165) is 83.0 Å². The van der Waals surface area contributed by atoms with Crippen LogP contribution < -0.4 is 10.1 Å². The molecule has 29 heavy (non-hydrogen) atoms. The smallest absolute Gasteiger partial charge is 0.119 e. The summed E-state index contributed by atoms with van der Waals surface area (Å²) in [6.07, 6.45) is 0.689. The quantitative estimate of drug-likeness (QED) is 0.662. The van der Waals surface area contributed by atoms with Gasteiger partial charge in [-0.05, 0) is 37.2 Å². The van der Waals surface area contributed by atoms with Gasteiger partial charge in [0.2, 0.25) is 0 Å². The topological polar surface area (TPSA) is 57.2 Å². The summed E-state index contributed by atoms with van der Waals surface area (Å²) in [5.74, 6) is 2.30. The maximum atomic E-state index is 10.3. The highest BCUT2D eigenvalue weighted by atomic mass is 35.5. The number of fused-ring (bicyclic) bond motifs is 1. The van der Waals surface area contributed by atoms with Crippen LogP contribution in [0.3, 0.4) is 0 Å². The fraction of sp³-hybridized carbons (Fsp3) is 0.714. The second-order valence-corrected chi connectivity index (χ2v) is 8.26. The zero-order valence-corrected chi connectivity index (χ0v) is 18.6. The lowest BCUT2D eigenvalue weighted by Gasteiger charge is -2.23. The van der Waals surface area contributed by atoms with Crippen molar-refractivity contribution in [1.29, 1.82) is 0 Å². The lowest BCUT2D eigenvalue weighted by molar-refractivity contribution is 0.0703. The molecule has 1 aromatic rings. The van der Waals surface area contributed by atoms with E-state index in [1.165, 1.54) is 5.56 Å². The minimum absolute atomic E-state index is 0. The molecule has 166 valence electrons. The predicted molar refractivity (Wildman–Crippen MR) is 119 cm³/mol. The average Bonchev–Trinajstić information content (AvgIpc) is 3.15. The van der Waals surface area contributed by atoms with Gasteiger partial charge in [-0.1, -0.05) is 12.1 Å². The third-order valence-corrected chi connectivity index (χ3v) is 5.99. The largest absolute Gasteiger partial charge is 0.491 e. The first-order chi connectivity index (χ1) is 13.3. The van der Waals surface area contributed by atoms with Crippen molar-refractivity contribution in [1.82, 2.24) is 15.1 Å². The number of hydrogen-bond acceptors (Lipinski definition) is 6. The number of nitrogens with zero attached hydrogens (tertiary/aromatic N) is 2. The lowest BCUT2D eigenvalue weighted by Crippen LogP contribution is -2.37. The van der Waals surface area contributed by atoms with Gasteiger partial charge in [0.15, 0.2) is 0 Å². The number of halogens is 2. The third kappa shape index (κ3) is 7.24. The number of nitrogens with one attached hydrogen (secondary N) is 1. The Balaban J connectivity index is 0.00000150. The van der Waals surface area contributed by atoms with Crippen molar-refractivity contribution in [3.05, 3.63) is 29.8 Å². The van der Waals surface area contributed by atoms with E-state index >= 15 is 0 Å². The fourth-order valence-corrected chi connectivity index (χ4v) is 4.49. The number of benzene rings is 1. The van der Waals surface area contributed by atoms with Crippen molar-refractivity contribution < 1.29 is 14.6 Å². The van der Waals surface area contributed by atoms with Crippen molar-refractivity contribution in [2.45, 2.75) is 19.1 Å². The average molecular weight is 448 g/mol. The first kappa shape index (κ1) is 24.7. The summed E-state index contributed by atoms with van der Waals surface area (Å²) in [5.41, 5.74) is 1.32. The van der Waals surface area contributed by atoms with E-state index in [0.29, 0.717) is 13.2 Å². The van der Waals surface area contributed by atoms with Crippen LogP contribution in [-0.2, 0) is 11.3 Å². The minimum atomic E-state index is -0.450. The van der Waals surface area contributed by atoms with Crippen molar-refractivity contribution >= 4 is 24.8 Å². The molecule has 0 radical (unpaired) electrons. The molecule has 2 N–H and O–H groups in total. The fourth-order valence-electron chi connectivity index (χ4n) is 4.49. The van der Waals surface area contributed by atoms with Crippen LogP contribution in [0.4, 0.5) is 0 Å². The molecule has 3 atom stereocenters. The molecule has 0 amide bonds. The third-order valence-electron chi connectivity index (χ3n) is 5.99. The number of likely N-dealkylation sites (tertiary alicyclic amines) is 1. The molecule has 3 heterocycles. The zero-order chi connectivity index (χ0) is 18.5. The van der Waals surface area contributed by atoms with Gasteiger partial charge in [-0.15, -0.1) is 24.8 Å².